The minimum atomic E-state index is 0.194. The van der Waals surface area contributed by atoms with Crippen molar-refractivity contribution in [1.29, 1.82) is 0 Å². The third-order valence-electron chi connectivity index (χ3n) is 2.20. The van der Waals surface area contributed by atoms with E-state index in [1.807, 2.05) is 12.3 Å². The fourth-order valence-corrected chi connectivity index (χ4v) is 2.18. The number of hydrogen-bond acceptors (Lipinski definition) is 5. The minimum absolute atomic E-state index is 0.194. The number of aromatic nitrogens is 1. The van der Waals surface area contributed by atoms with Crippen molar-refractivity contribution in [2.75, 3.05) is 26.3 Å². The topological polar surface area (TPSA) is 43.4 Å². The molecular weight excluding hydrogens is 212 g/mol. The van der Waals surface area contributed by atoms with Gasteiger partial charge in [-0.25, -0.2) is 4.98 Å². The predicted molar refractivity (Wildman–Crippen MR) is 59.1 cm³/mol. The van der Waals surface area contributed by atoms with E-state index in [1.165, 1.54) is 0 Å². The number of thiazole rings is 1. The van der Waals surface area contributed by atoms with Crippen molar-refractivity contribution in [2.45, 2.75) is 19.6 Å². The summed E-state index contributed by atoms with van der Waals surface area (Å²) in [6, 6.07) is 0. The molecule has 2 heterocycles. The normalized spacial score (nSPS) is 21.8. The van der Waals surface area contributed by atoms with Crippen LogP contribution in [0.1, 0.15) is 10.7 Å². The molecule has 0 bridgehead atoms. The number of nitrogens with zero attached hydrogens (tertiary/aromatic N) is 1. The van der Waals surface area contributed by atoms with Crippen molar-refractivity contribution in [2.24, 2.45) is 0 Å². The molecule has 15 heavy (non-hydrogen) atoms. The van der Waals surface area contributed by atoms with Gasteiger partial charge in [0.25, 0.3) is 0 Å². The van der Waals surface area contributed by atoms with Crippen molar-refractivity contribution >= 4 is 11.3 Å². The lowest BCUT2D eigenvalue weighted by atomic mass is 10.3. The summed E-state index contributed by atoms with van der Waals surface area (Å²) in [5.74, 6) is 0. The van der Waals surface area contributed by atoms with E-state index in [4.69, 9.17) is 9.47 Å². The van der Waals surface area contributed by atoms with Crippen molar-refractivity contribution < 1.29 is 9.47 Å². The number of ether oxygens (including phenoxy) is 2. The van der Waals surface area contributed by atoms with Gasteiger partial charge in [0, 0.05) is 24.2 Å². The Morgan fingerprint density at radius 3 is 3.33 bits per heavy atom. The SMILES string of the molecule is Cc1csc(COCC2CNCCO2)n1. The highest BCUT2D eigenvalue weighted by Crippen LogP contribution is 2.10. The lowest BCUT2D eigenvalue weighted by Gasteiger charge is -2.23. The number of rotatable bonds is 4. The molecule has 0 aliphatic carbocycles. The first-order valence-electron chi connectivity index (χ1n) is 5.15. The van der Waals surface area contributed by atoms with Gasteiger partial charge in [0.1, 0.15) is 5.01 Å². The van der Waals surface area contributed by atoms with E-state index < -0.39 is 0 Å². The molecule has 1 aromatic rings. The quantitative estimate of drug-likeness (QED) is 0.833. The Bertz CT molecular complexity index is 297. The van der Waals surface area contributed by atoms with Crippen LogP contribution in [0.15, 0.2) is 5.38 Å². The summed E-state index contributed by atoms with van der Waals surface area (Å²) in [6.45, 7) is 5.85. The molecule has 1 N–H and O–H groups in total. The maximum atomic E-state index is 5.56. The molecule has 1 atom stereocenters. The summed E-state index contributed by atoms with van der Waals surface area (Å²) in [7, 11) is 0. The Hall–Kier alpha value is -0.490. The summed E-state index contributed by atoms with van der Waals surface area (Å²) in [5, 5.41) is 6.35. The molecule has 0 aromatic carbocycles. The van der Waals surface area contributed by atoms with Crippen LogP contribution < -0.4 is 5.32 Å². The summed E-state index contributed by atoms with van der Waals surface area (Å²) in [6.07, 6.45) is 0.194. The molecule has 1 aromatic heterocycles. The molecule has 0 saturated carbocycles. The van der Waals surface area contributed by atoms with E-state index in [1.54, 1.807) is 11.3 Å². The summed E-state index contributed by atoms with van der Waals surface area (Å²) in [4.78, 5) is 4.33. The van der Waals surface area contributed by atoms with Gasteiger partial charge < -0.3 is 14.8 Å². The lowest BCUT2D eigenvalue weighted by Crippen LogP contribution is -2.40. The van der Waals surface area contributed by atoms with Crippen LogP contribution in [-0.2, 0) is 16.1 Å². The van der Waals surface area contributed by atoms with Crippen molar-refractivity contribution in [3.8, 4) is 0 Å². The Labute approximate surface area is 93.6 Å². The first-order chi connectivity index (χ1) is 7.34. The fourth-order valence-electron chi connectivity index (χ4n) is 1.47. The van der Waals surface area contributed by atoms with Gasteiger partial charge in [0.2, 0.25) is 0 Å². The van der Waals surface area contributed by atoms with Crippen molar-refractivity contribution in [3.63, 3.8) is 0 Å². The van der Waals surface area contributed by atoms with E-state index in [-0.39, 0.29) is 6.10 Å². The summed E-state index contributed by atoms with van der Waals surface area (Å²) in [5.41, 5.74) is 1.06. The van der Waals surface area contributed by atoms with E-state index in [0.717, 1.165) is 30.4 Å². The molecule has 0 radical (unpaired) electrons. The first-order valence-corrected chi connectivity index (χ1v) is 6.03. The molecule has 84 valence electrons. The molecule has 1 aliphatic rings. The summed E-state index contributed by atoms with van der Waals surface area (Å²) < 4.78 is 11.1. The average Bonchev–Trinajstić information content (AvgIpc) is 2.66. The highest BCUT2D eigenvalue weighted by Gasteiger charge is 2.13. The third-order valence-corrected chi connectivity index (χ3v) is 3.14. The molecule has 1 aliphatic heterocycles. The minimum Gasteiger partial charge on any atom is -0.373 e. The zero-order valence-electron chi connectivity index (χ0n) is 8.86. The van der Waals surface area contributed by atoms with Crippen LogP contribution in [-0.4, -0.2) is 37.4 Å². The largest absolute Gasteiger partial charge is 0.373 e. The molecule has 0 spiro atoms. The van der Waals surface area contributed by atoms with E-state index in [9.17, 15) is 0 Å². The molecule has 0 amide bonds. The van der Waals surface area contributed by atoms with E-state index in [2.05, 4.69) is 10.3 Å². The van der Waals surface area contributed by atoms with Crippen molar-refractivity contribution in [1.82, 2.24) is 10.3 Å². The molecule has 5 heteroatoms. The standard InChI is InChI=1S/C10H16N2O2S/c1-8-7-15-10(12-8)6-13-5-9-4-11-2-3-14-9/h7,9,11H,2-6H2,1H3. The van der Waals surface area contributed by atoms with Crippen LogP contribution in [0.3, 0.4) is 0 Å². The zero-order valence-corrected chi connectivity index (χ0v) is 9.68. The smallest absolute Gasteiger partial charge is 0.119 e. The predicted octanol–water partition coefficient (Wildman–Crippen LogP) is 0.957. The second-order valence-electron chi connectivity index (χ2n) is 3.59. The van der Waals surface area contributed by atoms with Crippen LogP contribution in [0.4, 0.5) is 0 Å². The molecular formula is C10H16N2O2S. The molecule has 4 nitrogen and oxygen atoms in total. The average molecular weight is 228 g/mol. The van der Waals surface area contributed by atoms with Gasteiger partial charge in [0.15, 0.2) is 0 Å². The van der Waals surface area contributed by atoms with Crippen molar-refractivity contribution in [3.05, 3.63) is 16.1 Å². The van der Waals surface area contributed by atoms with Gasteiger partial charge >= 0.3 is 0 Å². The third kappa shape index (κ3) is 3.53. The number of hydrogen-bond donors (Lipinski definition) is 1. The van der Waals surface area contributed by atoms with Gasteiger partial charge in [-0.05, 0) is 6.92 Å². The van der Waals surface area contributed by atoms with Crippen LogP contribution in [0.2, 0.25) is 0 Å². The highest BCUT2D eigenvalue weighted by molar-refractivity contribution is 7.09. The number of nitrogens with one attached hydrogen (secondary N) is 1. The molecule has 1 fully saturated rings. The lowest BCUT2D eigenvalue weighted by molar-refractivity contribution is -0.0357. The summed E-state index contributed by atoms with van der Waals surface area (Å²) >= 11 is 1.64. The molecule has 1 unspecified atom stereocenters. The van der Waals surface area contributed by atoms with E-state index >= 15 is 0 Å². The van der Waals surface area contributed by atoms with Crippen LogP contribution >= 0.6 is 11.3 Å². The Morgan fingerprint density at radius 1 is 1.73 bits per heavy atom. The molecule has 2 rings (SSSR count). The Balaban J connectivity index is 1.65. The molecule has 1 saturated heterocycles. The Morgan fingerprint density at radius 2 is 2.67 bits per heavy atom. The van der Waals surface area contributed by atoms with Gasteiger partial charge in [0.05, 0.1) is 25.9 Å². The van der Waals surface area contributed by atoms with Crippen LogP contribution in [0.25, 0.3) is 0 Å². The van der Waals surface area contributed by atoms with Gasteiger partial charge in [-0.2, -0.15) is 0 Å². The monoisotopic (exact) mass is 228 g/mol. The maximum Gasteiger partial charge on any atom is 0.119 e. The Kier molecular flexibility index (Phi) is 4.08. The highest BCUT2D eigenvalue weighted by atomic mass is 32.1. The second-order valence-corrected chi connectivity index (χ2v) is 4.54. The number of aryl methyl sites for hydroxylation is 1. The van der Waals surface area contributed by atoms with Gasteiger partial charge in [-0.1, -0.05) is 0 Å². The maximum absolute atomic E-state index is 5.56. The number of morpholine rings is 1. The first kappa shape index (κ1) is 11.0. The van der Waals surface area contributed by atoms with Crippen LogP contribution in [0, 0.1) is 6.92 Å². The van der Waals surface area contributed by atoms with E-state index in [0.29, 0.717) is 13.2 Å². The van der Waals surface area contributed by atoms with Crippen LogP contribution in [0.5, 0.6) is 0 Å². The van der Waals surface area contributed by atoms with Gasteiger partial charge in [-0.15, -0.1) is 11.3 Å². The second kappa shape index (κ2) is 5.55. The zero-order chi connectivity index (χ0) is 10.5. The van der Waals surface area contributed by atoms with Gasteiger partial charge in [-0.3, -0.25) is 0 Å². The fraction of sp³-hybridized carbons (Fsp3) is 0.700.